The van der Waals surface area contributed by atoms with Crippen LogP contribution in [0, 0.1) is 24.0 Å². The summed E-state index contributed by atoms with van der Waals surface area (Å²) in [5, 5.41) is 11.3. The second-order valence-corrected chi connectivity index (χ2v) is 6.88. The molecule has 0 fully saturated rings. The molecule has 0 bridgehead atoms. The van der Waals surface area contributed by atoms with E-state index in [2.05, 4.69) is 4.72 Å². The molecule has 0 saturated heterocycles. The van der Waals surface area contributed by atoms with Gasteiger partial charge in [-0.3, -0.25) is 14.8 Å². The van der Waals surface area contributed by atoms with E-state index in [4.69, 9.17) is 11.6 Å². The molecule has 2 aromatic carbocycles. The Morgan fingerprint density at radius 3 is 2.27 bits per heavy atom. The average Bonchev–Trinajstić information content (AvgIpc) is 2.42. The Kier molecular flexibility index (Phi) is 4.39. The van der Waals surface area contributed by atoms with Crippen molar-refractivity contribution < 1.29 is 13.3 Å². The maximum Gasteiger partial charge on any atom is 0.293 e. The van der Waals surface area contributed by atoms with Crippen LogP contribution in [0.25, 0.3) is 0 Å². The third-order valence-corrected chi connectivity index (χ3v) is 4.84. The number of sulfonamides is 1. The molecule has 0 radical (unpaired) electrons. The number of halogens is 1. The Morgan fingerprint density at radius 2 is 1.73 bits per heavy atom. The maximum atomic E-state index is 12.3. The second kappa shape index (κ2) is 5.94. The molecule has 2 aromatic rings. The molecule has 1 N–H and O–H groups in total. The van der Waals surface area contributed by atoms with E-state index < -0.39 is 14.9 Å². The van der Waals surface area contributed by atoms with E-state index >= 15 is 0 Å². The van der Waals surface area contributed by atoms with Gasteiger partial charge in [-0.1, -0.05) is 29.3 Å². The van der Waals surface area contributed by atoms with E-state index in [1.165, 1.54) is 24.3 Å². The van der Waals surface area contributed by atoms with E-state index in [-0.39, 0.29) is 21.3 Å². The predicted molar refractivity (Wildman–Crippen MR) is 84.8 cm³/mol. The average molecular weight is 341 g/mol. The number of benzene rings is 2. The van der Waals surface area contributed by atoms with Crippen molar-refractivity contribution in [2.45, 2.75) is 18.7 Å². The summed E-state index contributed by atoms with van der Waals surface area (Å²) in [5.41, 5.74) is 0.883. The van der Waals surface area contributed by atoms with Crippen molar-refractivity contribution in [3.8, 4) is 0 Å². The molecule has 0 amide bonds. The second-order valence-electron chi connectivity index (χ2n) is 4.79. The van der Waals surface area contributed by atoms with Crippen molar-refractivity contribution >= 4 is 33.0 Å². The lowest BCUT2D eigenvalue weighted by atomic mass is 10.2. The Labute approximate surface area is 132 Å². The molecule has 0 atom stereocenters. The van der Waals surface area contributed by atoms with Gasteiger partial charge >= 0.3 is 0 Å². The minimum absolute atomic E-state index is 0.0177. The molecule has 6 nitrogen and oxygen atoms in total. The molecule has 116 valence electrons. The number of rotatable bonds is 4. The van der Waals surface area contributed by atoms with E-state index in [1.54, 1.807) is 19.1 Å². The molecular formula is C14H13ClN2O4S. The summed E-state index contributed by atoms with van der Waals surface area (Å²) in [5.74, 6) is 0. The zero-order valence-electron chi connectivity index (χ0n) is 11.8. The van der Waals surface area contributed by atoms with Gasteiger partial charge in [-0.05, 0) is 37.6 Å². The third kappa shape index (κ3) is 3.37. The Morgan fingerprint density at radius 1 is 1.14 bits per heavy atom. The topological polar surface area (TPSA) is 89.3 Å². The molecular weight excluding hydrogens is 328 g/mol. The van der Waals surface area contributed by atoms with E-state index in [1.807, 2.05) is 6.92 Å². The maximum absolute atomic E-state index is 12.3. The van der Waals surface area contributed by atoms with Crippen molar-refractivity contribution in [1.29, 1.82) is 0 Å². The summed E-state index contributed by atoms with van der Waals surface area (Å²) < 4.78 is 26.8. The normalized spacial score (nSPS) is 11.2. The lowest BCUT2D eigenvalue weighted by Gasteiger charge is -2.10. The number of hydrogen-bond acceptors (Lipinski definition) is 4. The Balaban J connectivity index is 2.47. The van der Waals surface area contributed by atoms with Crippen LogP contribution >= 0.6 is 11.6 Å². The largest absolute Gasteiger partial charge is 0.293 e. The summed E-state index contributed by atoms with van der Waals surface area (Å²) in [6.45, 7) is 3.43. The number of nitro groups is 1. The molecule has 0 aromatic heterocycles. The van der Waals surface area contributed by atoms with Gasteiger partial charge < -0.3 is 0 Å². The van der Waals surface area contributed by atoms with Crippen LogP contribution in [0.5, 0.6) is 0 Å². The first-order valence-corrected chi connectivity index (χ1v) is 8.11. The lowest BCUT2D eigenvalue weighted by Crippen LogP contribution is -2.14. The molecule has 0 aliphatic rings. The quantitative estimate of drug-likeness (QED) is 0.679. The van der Waals surface area contributed by atoms with Gasteiger partial charge in [0.2, 0.25) is 0 Å². The first-order valence-electron chi connectivity index (χ1n) is 6.25. The van der Waals surface area contributed by atoms with Crippen LogP contribution in [-0.4, -0.2) is 13.3 Å². The van der Waals surface area contributed by atoms with Gasteiger partial charge in [-0.2, -0.15) is 0 Å². The molecule has 0 unspecified atom stereocenters. The fraction of sp³-hybridized carbons (Fsp3) is 0.143. The van der Waals surface area contributed by atoms with Gasteiger partial charge in [0.15, 0.2) is 0 Å². The molecule has 0 heterocycles. The third-order valence-electron chi connectivity index (χ3n) is 3.05. The number of hydrogen-bond donors (Lipinski definition) is 1. The van der Waals surface area contributed by atoms with Crippen molar-refractivity contribution in [3.63, 3.8) is 0 Å². The summed E-state index contributed by atoms with van der Waals surface area (Å²) in [6.07, 6.45) is 0. The van der Waals surface area contributed by atoms with Crippen LogP contribution < -0.4 is 4.72 Å². The van der Waals surface area contributed by atoms with E-state index in [9.17, 15) is 18.5 Å². The highest BCUT2D eigenvalue weighted by atomic mass is 35.5. The predicted octanol–water partition coefficient (Wildman–Crippen LogP) is 3.67. The standard InChI is InChI=1S/C14H13ClN2O4S/c1-9-3-5-11(6-4-9)22(20,21)16-13-8-12(15)10(2)7-14(13)17(18)19/h3-8,16H,1-2H3. The molecule has 8 heteroatoms. The number of nitro benzene ring substituents is 1. The van der Waals surface area contributed by atoms with Crippen molar-refractivity contribution in [1.82, 2.24) is 0 Å². The highest BCUT2D eigenvalue weighted by Gasteiger charge is 2.22. The number of aryl methyl sites for hydroxylation is 2. The van der Waals surface area contributed by atoms with Crippen LogP contribution in [0.4, 0.5) is 11.4 Å². The van der Waals surface area contributed by atoms with Gasteiger partial charge in [0.1, 0.15) is 5.69 Å². The minimum atomic E-state index is -3.93. The summed E-state index contributed by atoms with van der Waals surface area (Å²) in [7, 11) is -3.93. The lowest BCUT2D eigenvalue weighted by molar-refractivity contribution is -0.383. The van der Waals surface area contributed by atoms with Gasteiger partial charge in [0.25, 0.3) is 15.7 Å². The molecule has 0 saturated carbocycles. The van der Waals surface area contributed by atoms with Gasteiger partial charge in [-0.25, -0.2) is 8.42 Å². The highest BCUT2D eigenvalue weighted by molar-refractivity contribution is 7.92. The first-order chi connectivity index (χ1) is 10.2. The Bertz CT molecular complexity index is 833. The smallest absolute Gasteiger partial charge is 0.273 e. The molecule has 0 aliphatic carbocycles. The molecule has 0 spiro atoms. The monoisotopic (exact) mass is 340 g/mol. The van der Waals surface area contributed by atoms with Gasteiger partial charge in [-0.15, -0.1) is 0 Å². The van der Waals surface area contributed by atoms with E-state index in [0.29, 0.717) is 5.56 Å². The molecule has 0 aliphatic heterocycles. The molecule has 2 rings (SSSR count). The number of anilines is 1. The van der Waals surface area contributed by atoms with Crippen molar-refractivity contribution in [2.24, 2.45) is 0 Å². The SMILES string of the molecule is Cc1ccc(S(=O)(=O)Nc2cc(Cl)c(C)cc2[N+](=O)[O-])cc1. The summed E-state index contributed by atoms with van der Waals surface area (Å²) >= 11 is 5.93. The minimum Gasteiger partial charge on any atom is -0.273 e. The highest BCUT2D eigenvalue weighted by Crippen LogP contribution is 2.32. The summed E-state index contributed by atoms with van der Waals surface area (Å²) in [4.78, 5) is 10.4. The van der Waals surface area contributed by atoms with Crippen LogP contribution in [0.1, 0.15) is 11.1 Å². The number of nitrogens with zero attached hydrogens (tertiary/aromatic N) is 1. The van der Waals surface area contributed by atoms with Crippen LogP contribution in [0.2, 0.25) is 5.02 Å². The first kappa shape index (κ1) is 16.3. The van der Waals surface area contributed by atoms with E-state index in [0.717, 1.165) is 5.56 Å². The fourth-order valence-corrected chi connectivity index (χ4v) is 3.05. The zero-order chi connectivity index (χ0) is 16.5. The van der Waals surface area contributed by atoms with Crippen LogP contribution in [0.15, 0.2) is 41.3 Å². The van der Waals surface area contributed by atoms with Crippen molar-refractivity contribution in [2.75, 3.05) is 4.72 Å². The number of nitrogens with one attached hydrogen (secondary N) is 1. The fourth-order valence-electron chi connectivity index (χ4n) is 1.82. The Hall–Kier alpha value is -2.12. The zero-order valence-corrected chi connectivity index (χ0v) is 13.4. The van der Waals surface area contributed by atoms with Crippen molar-refractivity contribution in [3.05, 3.63) is 62.7 Å². The van der Waals surface area contributed by atoms with Gasteiger partial charge in [0.05, 0.1) is 9.82 Å². The van der Waals surface area contributed by atoms with Crippen LogP contribution in [0.3, 0.4) is 0 Å². The van der Waals surface area contributed by atoms with Gasteiger partial charge in [0, 0.05) is 11.1 Å². The molecule has 22 heavy (non-hydrogen) atoms. The van der Waals surface area contributed by atoms with Crippen LogP contribution in [-0.2, 0) is 10.0 Å². The summed E-state index contributed by atoms with van der Waals surface area (Å²) in [6, 6.07) is 8.62.